The molecular formula is C12H13N3O4S2. The maximum absolute atomic E-state index is 12.3. The fraction of sp³-hybridized carbons (Fsp3) is 0.167. The predicted octanol–water partition coefficient (Wildman–Crippen LogP) is 2.28. The van der Waals surface area contributed by atoms with Crippen LogP contribution >= 0.6 is 11.3 Å². The van der Waals surface area contributed by atoms with E-state index in [-0.39, 0.29) is 5.69 Å². The van der Waals surface area contributed by atoms with Gasteiger partial charge in [0.1, 0.15) is 0 Å². The molecule has 0 radical (unpaired) electrons. The molecule has 0 amide bonds. The van der Waals surface area contributed by atoms with E-state index in [1.165, 1.54) is 17.4 Å². The van der Waals surface area contributed by atoms with Crippen LogP contribution in [0.2, 0.25) is 0 Å². The van der Waals surface area contributed by atoms with Crippen LogP contribution in [0.3, 0.4) is 0 Å². The highest BCUT2D eigenvalue weighted by molar-refractivity contribution is 7.89. The first-order valence-electron chi connectivity index (χ1n) is 5.91. The second kappa shape index (κ2) is 5.80. The predicted molar refractivity (Wildman–Crippen MR) is 80.6 cm³/mol. The molecule has 3 N–H and O–H groups in total. The fourth-order valence-electron chi connectivity index (χ4n) is 1.80. The minimum atomic E-state index is -4.02. The molecule has 0 fully saturated rings. The monoisotopic (exact) mass is 327 g/mol. The lowest BCUT2D eigenvalue weighted by atomic mass is 10.3. The maximum atomic E-state index is 12.3. The Bertz CT molecular complexity index is 757. The number of anilines is 1. The van der Waals surface area contributed by atoms with Gasteiger partial charge in [0.15, 0.2) is 4.90 Å². The molecule has 0 saturated carbocycles. The first-order valence-corrected chi connectivity index (χ1v) is 8.27. The molecule has 1 aromatic carbocycles. The molecule has 0 aliphatic rings. The van der Waals surface area contributed by atoms with Crippen LogP contribution in [0.15, 0.2) is 40.6 Å². The summed E-state index contributed by atoms with van der Waals surface area (Å²) in [6.45, 7) is 1.67. The number of nitrogens with zero attached hydrogens (tertiary/aromatic N) is 1. The highest BCUT2D eigenvalue weighted by atomic mass is 32.2. The Morgan fingerprint density at radius 1 is 1.38 bits per heavy atom. The lowest BCUT2D eigenvalue weighted by Gasteiger charge is -2.13. The molecule has 112 valence electrons. The summed E-state index contributed by atoms with van der Waals surface area (Å²) < 4.78 is 27.1. The minimum Gasteiger partial charge on any atom is -0.399 e. The summed E-state index contributed by atoms with van der Waals surface area (Å²) in [4.78, 5) is 10.7. The van der Waals surface area contributed by atoms with Gasteiger partial charge in [-0.1, -0.05) is 6.07 Å². The van der Waals surface area contributed by atoms with E-state index in [0.717, 1.165) is 17.0 Å². The molecule has 9 heteroatoms. The summed E-state index contributed by atoms with van der Waals surface area (Å²) >= 11 is 1.40. The number of rotatable bonds is 5. The van der Waals surface area contributed by atoms with Crippen LogP contribution in [0, 0.1) is 10.1 Å². The molecule has 0 aliphatic carbocycles. The van der Waals surface area contributed by atoms with Gasteiger partial charge < -0.3 is 5.73 Å². The van der Waals surface area contributed by atoms with Crippen LogP contribution in [0.1, 0.15) is 17.8 Å². The van der Waals surface area contributed by atoms with Gasteiger partial charge in [-0.2, -0.15) is 0 Å². The largest absolute Gasteiger partial charge is 0.399 e. The van der Waals surface area contributed by atoms with E-state index in [9.17, 15) is 18.5 Å². The fourth-order valence-corrected chi connectivity index (χ4v) is 3.98. The third-order valence-corrected chi connectivity index (χ3v) is 5.41. The summed E-state index contributed by atoms with van der Waals surface area (Å²) in [7, 11) is -4.02. The van der Waals surface area contributed by atoms with Crippen molar-refractivity contribution in [3.63, 3.8) is 0 Å². The van der Waals surface area contributed by atoms with Gasteiger partial charge in [-0.25, -0.2) is 13.1 Å². The zero-order valence-corrected chi connectivity index (χ0v) is 12.6. The molecule has 2 rings (SSSR count). The Morgan fingerprint density at radius 3 is 2.67 bits per heavy atom. The van der Waals surface area contributed by atoms with Crippen LogP contribution in [0.25, 0.3) is 0 Å². The molecule has 1 heterocycles. The maximum Gasteiger partial charge on any atom is 0.291 e. The summed E-state index contributed by atoms with van der Waals surface area (Å²) in [6, 6.07) is 6.59. The molecule has 0 aliphatic heterocycles. The van der Waals surface area contributed by atoms with E-state index >= 15 is 0 Å². The highest BCUT2D eigenvalue weighted by Crippen LogP contribution is 2.28. The van der Waals surface area contributed by atoms with Gasteiger partial charge >= 0.3 is 0 Å². The van der Waals surface area contributed by atoms with Gasteiger partial charge in [-0.3, -0.25) is 10.1 Å². The van der Waals surface area contributed by atoms with Crippen molar-refractivity contribution in [2.45, 2.75) is 17.9 Å². The van der Waals surface area contributed by atoms with Crippen molar-refractivity contribution in [1.82, 2.24) is 4.72 Å². The second-order valence-corrected chi connectivity index (χ2v) is 7.00. The molecular weight excluding hydrogens is 314 g/mol. The van der Waals surface area contributed by atoms with Crippen LogP contribution in [0.5, 0.6) is 0 Å². The van der Waals surface area contributed by atoms with Crippen LogP contribution in [-0.2, 0) is 10.0 Å². The number of sulfonamides is 1. The van der Waals surface area contributed by atoms with Gasteiger partial charge in [0.2, 0.25) is 10.0 Å². The molecule has 1 atom stereocenters. The van der Waals surface area contributed by atoms with E-state index in [4.69, 9.17) is 5.73 Å². The van der Waals surface area contributed by atoms with Gasteiger partial charge in [-0.15, -0.1) is 11.3 Å². The van der Waals surface area contributed by atoms with Gasteiger partial charge in [-0.05, 0) is 30.5 Å². The van der Waals surface area contributed by atoms with E-state index in [1.807, 2.05) is 5.38 Å². The molecule has 7 nitrogen and oxygen atoms in total. The van der Waals surface area contributed by atoms with E-state index in [0.29, 0.717) is 0 Å². The van der Waals surface area contributed by atoms with Gasteiger partial charge in [0.05, 0.1) is 11.0 Å². The van der Waals surface area contributed by atoms with Crippen molar-refractivity contribution in [1.29, 1.82) is 0 Å². The Hall–Kier alpha value is -1.97. The zero-order valence-electron chi connectivity index (χ0n) is 11.0. The van der Waals surface area contributed by atoms with Crippen molar-refractivity contribution in [2.24, 2.45) is 0 Å². The first-order chi connectivity index (χ1) is 9.81. The molecule has 0 bridgehead atoms. The molecule has 2 aromatic rings. The first kappa shape index (κ1) is 15.4. The molecule has 1 unspecified atom stereocenters. The SMILES string of the molecule is CC(NS(=O)(=O)c1ccc(N)cc1[N+](=O)[O-])c1cccs1. The zero-order chi connectivity index (χ0) is 15.6. The average Bonchev–Trinajstić information content (AvgIpc) is 2.91. The van der Waals surface area contributed by atoms with Crippen molar-refractivity contribution >= 4 is 32.7 Å². The molecule has 0 spiro atoms. The summed E-state index contributed by atoms with van der Waals surface area (Å²) in [5.41, 5.74) is 5.06. The molecule has 0 saturated heterocycles. The number of nitrogens with two attached hydrogens (primary N) is 1. The highest BCUT2D eigenvalue weighted by Gasteiger charge is 2.27. The van der Waals surface area contributed by atoms with Gasteiger partial charge in [0, 0.05) is 16.6 Å². The number of hydrogen-bond acceptors (Lipinski definition) is 6. The lowest BCUT2D eigenvalue weighted by molar-refractivity contribution is -0.387. The number of hydrogen-bond donors (Lipinski definition) is 2. The van der Waals surface area contributed by atoms with Crippen molar-refractivity contribution in [2.75, 3.05) is 5.73 Å². The van der Waals surface area contributed by atoms with Crippen LogP contribution in [-0.4, -0.2) is 13.3 Å². The molecule has 1 aromatic heterocycles. The van der Waals surface area contributed by atoms with Crippen LogP contribution < -0.4 is 10.5 Å². The van der Waals surface area contributed by atoms with Crippen molar-refractivity contribution in [3.05, 3.63) is 50.7 Å². The lowest BCUT2D eigenvalue weighted by Crippen LogP contribution is -2.27. The average molecular weight is 327 g/mol. The Morgan fingerprint density at radius 2 is 2.10 bits per heavy atom. The third kappa shape index (κ3) is 3.38. The van der Waals surface area contributed by atoms with Crippen molar-refractivity contribution < 1.29 is 13.3 Å². The number of nitrogen functional groups attached to an aromatic ring is 1. The van der Waals surface area contributed by atoms with E-state index < -0.39 is 31.6 Å². The standard InChI is InChI=1S/C12H13N3O4S2/c1-8(11-3-2-6-20-11)14-21(18,19)12-5-4-9(13)7-10(12)15(16)17/h2-8,14H,13H2,1H3. The van der Waals surface area contributed by atoms with Gasteiger partial charge in [0.25, 0.3) is 5.69 Å². The topological polar surface area (TPSA) is 115 Å². The smallest absolute Gasteiger partial charge is 0.291 e. The third-order valence-electron chi connectivity index (χ3n) is 2.77. The van der Waals surface area contributed by atoms with E-state index in [1.54, 1.807) is 19.1 Å². The Balaban J connectivity index is 2.38. The number of nitro benzene ring substituents is 1. The number of nitro groups is 1. The summed E-state index contributed by atoms with van der Waals surface area (Å²) in [6.07, 6.45) is 0. The molecule has 21 heavy (non-hydrogen) atoms. The normalized spacial score (nSPS) is 13.0. The van der Waals surface area contributed by atoms with Crippen LogP contribution in [0.4, 0.5) is 11.4 Å². The Kier molecular flexibility index (Phi) is 4.26. The number of benzene rings is 1. The number of nitrogens with one attached hydrogen (secondary N) is 1. The van der Waals surface area contributed by atoms with E-state index in [2.05, 4.69) is 4.72 Å². The second-order valence-electron chi connectivity index (χ2n) is 4.34. The summed E-state index contributed by atoms with van der Waals surface area (Å²) in [5.74, 6) is 0. The summed E-state index contributed by atoms with van der Waals surface area (Å²) in [5, 5.41) is 12.8. The quantitative estimate of drug-likeness (QED) is 0.496. The minimum absolute atomic E-state index is 0.131. The number of thiophene rings is 1. The van der Waals surface area contributed by atoms with Crippen molar-refractivity contribution in [3.8, 4) is 0 Å². The Labute approximate surface area is 125 Å².